The van der Waals surface area contributed by atoms with Gasteiger partial charge in [-0.1, -0.05) is 24.9 Å². The molecule has 17 heavy (non-hydrogen) atoms. The first-order chi connectivity index (χ1) is 8.13. The molecule has 1 heterocycles. The fraction of sp³-hybridized carbons (Fsp3) is 0.455. The summed E-state index contributed by atoms with van der Waals surface area (Å²) in [6.07, 6.45) is 4.63. The second-order valence-electron chi connectivity index (χ2n) is 3.28. The summed E-state index contributed by atoms with van der Waals surface area (Å²) in [7, 11) is 0. The standard InChI is InChI=1S/C6H5NO3.C5H11NO/c8-5-4(6(9)10)2-1-3-7-5;1-2-3-4-5-6-7/h1-3H,(H,7,8)(H,9,10);2-5H2,1H3. The predicted octanol–water partition coefficient (Wildman–Crippen LogP) is 2.02. The van der Waals surface area contributed by atoms with Crippen molar-refractivity contribution in [3.05, 3.63) is 39.2 Å². The summed E-state index contributed by atoms with van der Waals surface area (Å²) >= 11 is 0. The Balaban J connectivity index is 0.000000325. The van der Waals surface area contributed by atoms with Crippen LogP contribution in [0.3, 0.4) is 0 Å². The summed E-state index contributed by atoms with van der Waals surface area (Å²) in [6, 6.07) is 2.71. The van der Waals surface area contributed by atoms with E-state index in [0.717, 1.165) is 19.3 Å². The number of hydrogen-bond acceptors (Lipinski definition) is 4. The summed E-state index contributed by atoms with van der Waals surface area (Å²) in [4.78, 5) is 32.5. The van der Waals surface area contributed by atoms with E-state index in [0.29, 0.717) is 6.54 Å². The number of carboxylic acid groups (broad SMARTS) is 1. The molecule has 0 aliphatic carbocycles. The molecule has 1 rings (SSSR count). The lowest BCUT2D eigenvalue weighted by molar-refractivity contribution is 0.0695. The van der Waals surface area contributed by atoms with Gasteiger partial charge in [-0.05, 0) is 18.6 Å². The van der Waals surface area contributed by atoms with Gasteiger partial charge >= 0.3 is 5.97 Å². The second-order valence-corrected chi connectivity index (χ2v) is 3.28. The smallest absolute Gasteiger partial charge is 0.341 e. The van der Waals surface area contributed by atoms with Gasteiger partial charge in [-0.2, -0.15) is 4.91 Å². The number of rotatable bonds is 5. The Kier molecular flexibility index (Phi) is 8.18. The maximum absolute atomic E-state index is 10.6. The fourth-order valence-electron chi connectivity index (χ4n) is 1.02. The lowest BCUT2D eigenvalue weighted by Gasteiger charge is -1.88. The van der Waals surface area contributed by atoms with E-state index < -0.39 is 11.5 Å². The zero-order valence-electron chi connectivity index (χ0n) is 9.68. The number of hydrogen-bond donors (Lipinski definition) is 2. The Bertz CT molecular complexity index is 400. The Labute approximate surface area is 98.7 Å². The van der Waals surface area contributed by atoms with Crippen molar-refractivity contribution in [3.8, 4) is 0 Å². The third-order valence-corrected chi connectivity index (χ3v) is 1.90. The van der Waals surface area contributed by atoms with Crippen LogP contribution >= 0.6 is 0 Å². The number of unbranched alkanes of at least 4 members (excludes halogenated alkanes) is 2. The minimum Gasteiger partial charge on any atom is -0.477 e. The third kappa shape index (κ3) is 6.99. The molecule has 1 aromatic heterocycles. The first-order valence-corrected chi connectivity index (χ1v) is 5.33. The van der Waals surface area contributed by atoms with E-state index in [-0.39, 0.29) is 5.56 Å². The van der Waals surface area contributed by atoms with Crippen LogP contribution in [0.1, 0.15) is 36.5 Å². The zero-order chi connectivity index (χ0) is 13.1. The van der Waals surface area contributed by atoms with Gasteiger partial charge in [0.05, 0.1) is 6.54 Å². The second kappa shape index (κ2) is 9.26. The molecule has 0 aliphatic rings. The van der Waals surface area contributed by atoms with E-state index in [1.54, 1.807) is 0 Å². The molecule has 0 saturated heterocycles. The van der Waals surface area contributed by atoms with Gasteiger partial charge in [-0.15, -0.1) is 0 Å². The van der Waals surface area contributed by atoms with Crippen molar-refractivity contribution >= 4 is 5.97 Å². The molecule has 0 radical (unpaired) electrons. The Hall–Kier alpha value is -1.98. The van der Waals surface area contributed by atoms with Gasteiger partial charge in [-0.25, -0.2) is 4.79 Å². The number of pyridine rings is 1. The SMILES string of the molecule is CCCCCN=O.O=C(O)c1ccc[nH]c1=O. The molecule has 0 atom stereocenters. The van der Waals surface area contributed by atoms with Crippen molar-refractivity contribution < 1.29 is 9.90 Å². The number of carbonyl (C=O) groups is 1. The van der Waals surface area contributed by atoms with Crippen LogP contribution in [0.25, 0.3) is 0 Å². The summed E-state index contributed by atoms with van der Waals surface area (Å²) in [5.74, 6) is -1.21. The van der Waals surface area contributed by atoms with Crippen LogP contribution in [0.5, 0.6) is 0 Å². The highest BCUT2D eigenvalue weighted by Gasteiger charge is 2.04. The highest BCUT2D eigenvalue weighted by Crippen LogP contribution is 1.92. The molecule has 0 aromatic carbocycles. The van der Waals surface area contributed by atoms with Crippen molar-refractivity contribution in [2.75, 3.05) is 6.54 Å². The molecule has 6 nitrogen and oxygen atoms in total. The van der Waals surface area contributed by atoms with Crippen LogP contribution in [-0.2, 0) is 0 Å². The Morgan fingerprint density at radius 1 is 1.47 bits per heavy atom. The van der Waals surface area contributed by atoms with Gasteiger partial charge in [0, 0.05) is 6.20 Å². The van der Waals surface area contributed by atoms with Crippen LogP contribution in [0.4, 0.5) is 0 Å². The molecular formula is C11H16N2O4. The Morgan fingerprint density at radius 3 is 2.59 bits per heavy atom. The highest BCUT2D eigenvalue weighted by atomic mass is 16.4. The number of nitroso groups, excluding NO2 is 1. The van der Waals surface area contributed by atoms with E-state index in [9.17, 15) is 14.5 Å². The first kappa shape index (κ1) is 15.0. The van der Waals surface area contributed by atoms with E-state index in [2.05, 4.69) is 17.1 Å². The van der Waals surface area contributed by atoms with Crippen LogP contribution in [0.15, 0.2) is 28.3 Å². The van der Waals surface area contributed by atoms with E-state index in [1.807, 2.05) is 0 Å². The minimum absolute atomic E-state index is 0.234. The maximum Gasteiger partial charge on any atom is 0.341 e. The van der Waals surface area contributed by atoms with Crippen molar-refractivity contribution in [1.82, 2.24) is 4.98 Å². The van der Waals surface area contributed by atoms with Gasteiger partial charge < -0.3 is 10.1 Å². The fourth-order valence-corrected chi connectivity index (χ4v) is 1.02. The minimum atomic E-state index is -1.21. The lowest BCUT2D eigenvalue weighted by Crippen LogP contribution is -2.15. The number of aromatic nitrogens is 1. The molecule has 0 aliphatic heterocycles. The topological polar surface area (TPSA) is 99.6 Å². The van der Waals surface area contributed by atoms with Crippen LogP contribution in [0.2, 0.25) is 0 Å². The van der Waals surface area contributed by atoms with Crippen molar-refractivity contribution in [2.45, 2.75) is 26.2 Å². The number of H-pyrrole nitrogens is 1. The highest BCUT2D eigenvalue weighted by molar-refractivity contribution is 5.86. The quantitative estimate of drug-likeness (QED) is 0.607. The lowest BCUT2D eigenvalue weighted by atomic mass is 10.3. The molecule has 2 N–H and O–H groups in total. The predicted molar refractivity (Wildman–Crippen MR) is 64.2 cm³/mol. The summed E-state index contributed by atoms with van der Waals surface area (Å²) < 4.78 is 0. The summed E-state index contributed by atoms with van der Waals surface area (Å²) in [5.41, 5.74) is -0.808. The normalized spacial score (nSPS) is 9.00. The van der Waals surface area contributed by atoms with Crippen LogP contribution in [0, 0.1) is 4.91 Å². The summed E-state index contributed by atoms with van der Waals surface area (Å²) in [6.45, 7) is 2.60. The van der Waals surface area contributed by atoms with E-state index in [4.69, 9.17) is 5.11 Å². The van der Waals surface area contributed by atoms with Crippen LogP contribution < -0.4 is 5.56 Å². The van der Waals surface area contributed by atoms with E-state index >= 15 is 0 Å². The number of nitrogens with one attached hydrogen (secondary N) is 1. The molecule has 0 bridgehead atoms. The van der Waals surface area contributed by atoms with Crippen molar-refractivity contribution in [3.63, 3.8) is 0 Å². The van der Waals surface area contributed by atoms with Gasteiger partial charge in [0.1, 0.15) is 5.56 Å². The first-order valence-electron chi connectivity index (χ1n) is 5.33. The van der Waals surface area contributed by atoms with Crippen LogP contribution in [-0.4, -0.2) is 22.6 Å². The van der Waals surface area contributed by atoms with Gasteiger partial charge in [0.2, 0.25) is 0 Å². The monoisotopic (exact) mass is 240 g/mol. The van der Waals surface area contributed by atoms with Gasteiger partial charge in [0.25, 0.3) is 5.56 Å². The molecule has 0 fully saturated rings. The number of aromatic carboxylic acids is 1. The number of nitrogens with zero attached hydrogens (tertiary/aromatic N) is 1. The molecule has 1 aromatic rings. The molecular weight excluding hydrogens is 224 g/mol. The average Bonchev–Trinajstić information content (AvgIpc) is 2.31. The van der Waals surface area contributed by atoms with Crippen molar-refractivity contribution in [2.24, 2.45) is 5.18 Å². The van der Waals surface area contributed by atoms with Gasteiger partial charge in [-0.3, -0.25) is 4.79 Å². The van der Waals surface area contributed by atoms with Gasteiger partial charge in [0.15, 0.2) is 0 Å². The zero-order valence-corrected chi connectivity index (χ0v) is 9.68. The molecule has 0 saturated carbocycles. The molecule has 94 valence electrons. The molecule has 0 amide bonds. The molecule has 6 heteroatoms. The average molecular weight is 240 g/mol. The number of aromatic amines is 1. The van der Waals surface area contributed by atoms with E-state index in [1.165, 1.54) is 18.3 Å². The molecule has 0 unspecified atom stereocenters. The number of carboxylic acids is 1. The largest absolute Gasteiger partial charge is 0.477 e. The maximum atomic E-state index is 10.6. The third-order valence-electron chi connectivity index (χ3n) is 1.90. The Morgan fingerprint density at radius 2 is 2.18 bits per heavy atom. The molecule has 0 spiro atoms. The van der Waals surface area contributed by atoms with Crippen molar-refractivity contribution in [1.29, 1.82) is 0 Å². The summed E-state index contributed by atoms with van der Waals surface area (Å²) in [5, 5.41) is 11.1.